The Hall–Kier alpha value is -3.61. The summed E-state index contributed by atoms with van der Waals surface area (Å²) in [7, 11) is 0. The molecule has 0 bridgehead atoms. The molecule has 0 saturated heterocycles. The summed E-state index contributed by atoms with van der Waals surface area (Å²) in [5, 5.41) is 12.1. The van der Waals surface area contributed by atoms with E-state index < -0.39 is 0 Å². The average Bonchev–Trinajstić information content (AvgIpc) is 2.69. The zero-order valence-electron chi connectivity index (χ0n) is 18.7. The fraction of sp³-hybridized carbons (Fsp3) is 0.292. The molecule has 2 aromatic carbocycles. The predicted molar refractivity (Wildman–Crippen MR) is 128 cm³/mol. The van der Waals surface area contributed by atoms with Crippen LogP contribution in [-0.4, -0.2) is 22.5 Å². The van der Waals surface area contributed by atoms with Gasteiger partial charge in [0.05, 0.1) is 0 Å². The zero-order chi connectivity index (χ0) is 22.4. The van der Waals surface area contributed by atoms with Gasteiger partial charge in [-0.3, -0.25) is 0 Å². The van der Waals surface area contributed by atoms with Crippen LogP contribution < -0.4 is 21.3 Å². The number of nitrogens with zero attached hydrogens (tertiary/aromatic N) is 2. The third-order valence-electron chi connectivity index (χ3n) is 4.61. The number of urea groups is 1. The van der Waals surface area contributed by atoms with E-state index in [1.54, 1.807) is 0 Å². The Kier molecular flexibility index (Phi) is 6.74. The first kappa shape index (κ1) is 22.1. The lowest BCUT2D eigenvalue weighted by atomic mass is 9.87. The Morgan fingerprint density at radius 1 is 0.871 bits per heavy atom. The number of benzene rings is 2. The molecule has 0 spiro atoms. The molecule has 4 N–H and O–H groups in total. The summed E-state index contributed by atoms with van der Waals surface area (Å²) >= 11 is 0. The topological polar surface area (TPSA) is 91.0 Å². The third-order valence-corrected chi connectivity index (χ3v) is 4.61. The summed E-state index contributed by atoms with van der Waals surface area (Å²) in [6.45, 7) is 11.2. The molecule has 3 rings (SSSR count). The van der Waals surface area contributed by atoms with E-state index in [1.807, 2.05) is 68.4 Å². The van der Waals surface area contributed by atoms with Crippen LogP contribution in [0.1, 0.15) is 39.0 Å². The van der Waals surface area contributed by atoms with Crippen LogP contribution in [0.5, 0.6) is 0 Å². The Balaban J connectivity index is 1.58. The summed E-state index contributed by atoms with van der Waals surface area (Å²) in [6, 6.07) is 16.9. The molecular formula is C24H30N6O. The molecule has 0 aliphatic rings. The van der Waals surface area contributed by atoms with Crippen LogP contribution >= 0.6 is 0 Å². The Bertz CT molecular complexity index is 1020. The van der Waals surface area contributed by atoms with Crippen molar-refractivity contribution in [3.05, 3.63) is 65.9 Å². The molecule has 0 saturated carbocycles. The summed E-state index contributed by atoms with van der Waals surface area (Å²) in [5.74, 6) is 1.30. The van der Waals surface area contributed by atoms with Gasteiger partial charge in [-0.2, -0.15) is 4.98 Å². The minimum atomic E-state index is -0.286. The number of rotatable bonds is 6. The van der Waals surface area contributed by atoms with E-state index in [0.29, 0.717) is 17.5 Å². The maximum Gasteiger partial charge on any atom is 0.323 e. The average molecular weight is 419 g/mol. The second-order valence-electron chi connectivity index (χ2n) is 8.36. The molecule has 1 heterocycles. The summed E-state index contributed by atoms with van der Waals surface area (Å²) in [6.07, 6.45) is 0. The molecule has 1 aromatic heterocycles. The summed E-state index contributed by atoms with van der Waals surface area (Å²) in [5.41, 5.74) is 4.48. The predicted octanol–water partition coefficient (Wildman–Crippen LogP) is 5.90. The normalized spacial score (nSPS) is 11.0. The molecule has 0 unspecified atom stereocenters. The van der Waals surface area contributed by atoms with Gasteiger partial charge in [-0.1, -0.05) is 32.9 Å². The van der Waals surface area contributed by atoms with Gasteiger partial charge in [0.1, 0.15) is 5.82 Å². The van der Waals surface area contributed by atoms with Crippen molar-refractivity contribution in [3.63, 3.8) is 0 Å². The molecule has 0 aliphatic carbocycles. The van der Waals surface area contributed by atoms with E-state index >= 15 is 0 Å². The molecular weight excluding hydrogens is 388 g/mol. The molecule has 3 aromatic rings. The van der Waals surface area contributed by atoms with Crippen LogP contribution in [0.25, 0.3) is 0 Å². The minimum absolute atomic E-state index is 0.0785. The monoisotopic (exact) mass is 418 g/mol. The van der Waals surface area contributed by atoms with E-state index in [-0.39, 0.29) is 11.4 Å². The number of hydrogen-bond donors (Lipinski definition) is 4. The highest BCUT2D eigenvalue weighted by molar-refractivity contribution is 5.99. The Morgan fingerprint density at radius 2 is 1.42 bits per heavy atom. The molecule has 162 valence electrons. The molecule has 7 nitrogen and oxygen atoms in total. The standard InChI is InChI=1S/C24H30N6O/c1-6-25-22-26-16(2)15-21(30-22)27-18-11-13-20(14-12-18)29-23(31)28-19-9-7-17(8-10-19)24(3,4)5/h7-15H,6H2,1-5H3,(H2,28,29,31)(H2,25,26,27,30). The maximum absolute atomic E-state index is 12.3. The van der Waals surface area contributed by atoms with Crippen molar-refractivity contribution in [1.82, 2.24) is 9.97 Å². The molecule has 0 atom stereocenters. The second-order valence-corrected chi connectivity index (χ2v) is 8.36. The van der Waals surface area contributed by atoms with Crippen LogP contribution in [0.3, 0.4) is 0 Å². The lowest BCUT2D eigenvalue weighted by Gasteiger charge is -2.19. The number of aromatic nitrogens is 2. The SMILES string of the molecule is CCNc1nc(C)cc(Nc2ccc(NC(=O)Nc3ccc(C(C)(C)C)cc3)cc2)n1. The van der Waals surface area contributed by atoms with Gasteiger partial charge in [-0.05, 0) is 61.2 Å². The van der Waals surface area contributed by atoms with Crippen LogP contribution in [-0.2, 0) is 5.41 Å². The number of hydrogen-bond acceptors (Lipinski definition) is 5. The van der Waals surface area contributed by atoms with Gasteiger partial charge >= 0.3 is 6.03 Å². The van der Waals surface area contributed by atoms with E-state index in [4.69, 9.17) is 0 Å². The van der Waals surface area contributed by atoms with Crippen molar-refractivity contribution in [1.29, 1.82) is 0 Å². The van der Waals surface area contributed by atoms with Gasteiger partial charge in [0, 0.05) is 35.4 Å². The number of carbonyl (C=O) groups excluding carboxylic acids is 1. The highest BCUT2D eigenvalue weighted by Crippen LogP contribution is 2.24. The van der Waals surface area contributed by atoms with Gasteiger partial charge in [0.15, 0.2) is 0 Å². The van der Waals surface area contributed by atoms with Crippen molar-refractivity contribution in [2.45, 2.75) is 40.0 Å². The van der Waals surface area contributed by atoms with Gasteiger partial charge < -0.3 is 21.3 Å². The summed E-state index contributed by atoms with van der Waals surface area (Å²) in [4.78, 5) is 21.1. The van der Waals surface area contributed by atoms with Crippen LogP contribution in [0.2, 0.25) is 0 Å². The van der Waals surface area contributed by atoms with E-state index in [9.17, 15) is 4.79 Å². The van der Waals surface area contributed by atoms with Gasteiger partial charge in [-0.25, -0.2) is 9.78 Å². The van der Waals surface area contributed by atoms with Crippen molar-refractivity contribution < 1.29 is 4.79 Å². The largest absolute Gasteiger partial charge is 0.354 e. The molecule has 31 heavy (non-hydrogen) atoms. The van der Waals surface area contributed by atoms with E-state index in [1.165, 1.54) is 5.56 Å². The highest BCUT2D eigenvalue weighted by Gasteiger charge is 2.13. The van der Waals surface area contributed by atoms with E-state index in [2.05, 4.69) is 52.0 Å². The van der Waals surface area contributed by atoms with Crippen LogP contribution in [0, 0.1) is 6.92 Å². The number of nitrogens with one attached hydrogen (secondary N) is 4. The number of amides is 2. The maximum atomic E-state index is 12.3. The van der Waals surface area contributed by atoms with Crippen molar-refractivity contribution in [2.75, 3.05) is 27.8 Å². The highest BCUT2D eigenvalue weighted by atomic mass is 16.2. The Labute approximate surface area is 183 Å². The van der Waals surface area contributed by atoms with Gasteiger partial charge in [0.25, 0.3) is 0 Å². The fourth-order valence-corrected chi connectivity index (χ4v) is 3.00. The summed E-state index contributed by atoms with van der Waals surface area (Å²) < 4.78 is 0. The van der Waals surface area contributed by atoms with Gasteiger partial charge in [-0.15, -0.1) is 0 Å². The number of anilines is 5. The first-order valence-corrected chi connectivity index (χ1v) is 10.4. The fourth-order valence-electron chi connectivity index (χ4n) is 3.00. The number of carbonyl (C=O) groups is 1. The molecule has 2 amide bonds. The smallest absolute Gasteiger partial charge is 0.323 e. The first-order valence-electron chi connectivity index (χ1n) is 10.4. The van der Waals surface area contributed by atoms with E-state index in [0.717, 1.165) is 23.6 Å². The number of aryl methyl sites for hydroxylation is 1. The second kappa shape index (κ2) is 9.47. The lowest BCUT2D eigenvalue weighted by molar-refractivity contribution is 0.262. The third kappa shape index (κ3) is 6.44. The molecule has 0 aliphatic heterocycles. The van der Waals surface area contributed by atoms with Crippen molar-refractivity contribution in [3.8, 4) is 0 Å². The first-order chi connectivity index (χ1) is 14.7. The van der Waals surface area contributed by atoms with Gasteiger partial charge in [0.2, 0.25) is 5.95 Å². The quantitative estimate of drug-likeness (QED) is 0.400. The molecule has 0 fully saturated rings. The Morgan fingerprint density at radius 3 is 1.97 bits per heavy atom. The van der Waals surface area contributed by atoms with Crippen molar-refractivity contribution >= 4 is 34.9 Å². The van der Waals surface area contributed by atoms with Crippen LogP contribution in [0.15, 0.2) is 54.6 Å². The zero-order valence-corrected chi connectivity index (χ0v) is 18.7. The molecule has 0 radical (unpaired) electrons. The minimum Gasteiger partial charge on any atom is -0.354 e. The lowest BCUT2D eigenvalue weighted by Crippen LogP contribution is -2.19. The molecule has 7 heteroatoms. The van der Waals surface area contributed by atoms with Crippen LogP contribution in [0.4, 0.5) is 33.6 Å². The van der Waals surface area contributed by atoms with Crippen molar-refractivity contribution in [2.24, 2.45) is 0 Å².